The molecule has 0 amide bonds. The van der Waals surface area contributed by atoms with Gasteiger partial charge in [-0.1, -0.05) is 170 Å². The third-order valence-corrected chi connectivity index (χ3v) is 13.3. The van der Waals surface area contributed by atoms with Gasteiger partial charge >= 0.3 is 0 Å². The summed E-state index contributed by atoms with van der Waals surface area (Å²) in [4.78, 5) is 13.0. The van der Waals surface area contributed by atoms with Crippen molar-refractivity contribution in [3.63, 3.8) is 0 Å². The fraction of sp³-hybridized carbons (Fsp3) is 0.138. The molecule has 3 aliphatic heterocycles. The van der Waals surface area contributed by atoms with E-state index in [2.05, 4.69) is 204 Å². The molecule has 2 N–H and O–H groups in total. The number of hydrogen-bond acceptors (Lipinski definition) is 5. The molecule has 0 saturated carbocycles. The Morgan fingerprint density at radius 1 is 0.460 bits per heavy atom. The Kier molecular flexibility index (Phi) is 9.32. The van der Waals surface area contributed by atoms with Gasteiger partial charge in [0.1, 0.15) is 17.8 Å². The number of amidine groups is 2. The first kappa shape index (κ1) is 37.3. The van der Waals surface area contributed by atoms with Gasteiger partial charge in [0.2, 0.25) is 0 Å². The molecule has 0 aromatic heterocycles. The summed E-state index contributed by atoms with van der Waals surface area (Å²) in [6.07, 6.45) is 11.1. The van der Waals surface area contributed by atoms with E-state index >= 15 is 0 Å². The Hall–Kier alpha value is -7.50. The van der Waals surface area contributed by atoms with E-state index in [4.69, 9.17) is 9.98 Å². The first-order valence-corrected chi connectivity index (χ1v) is 22.5. The van der Waals surface area contributed by atoms with Gasteiger partial charge in [0.05, 0.1) is 17.1 Å². The number of fused-ring (bicyclic) bond motifs is 5. The van der Waals surface area contributed by atoms with Gasteiger partial charge in [-0.05, 0) is 118 Å². The minimum Gasteiger partial charge on any atom is -0.360 e. The maximum absolute atomic E-state index is 5.26. The van der Waals surface area contributed by atoms with Crippen LogP contribution in [0.5, 0.6) is 0 Å². The van der Waals surface area contributed by atoms with Crippen LogP contribution in [0.1, 0.15) is 66.9 Å². The molecule has 5 heteroatoms. The second-order valence-corrected chi connectivity index (χ2v) is 17.2. The molecule has 0 spiro atoms. The topological polar surface area (TPSA) is 52.0 Å². The lowest BCUT2D eigenvalue weighted by atomic mass is 9.89. The summed E-state index contributed by atoms with van der Waals surface area (Å²) in [6, 6.07) is 63.9. The van der Waals surface area contributed by atoms with Gasteiger partial charge in [-0.2, -0.15) is 0 Å². The van der Waals surface area contributed by atoms with E-state index in [9.17, 15) is 0 Å². The number of rotatable bonds is 7. The highest BCUT2D eigenvalue weighted by Gasteiger charge is 2.40. The lowest BCUT2D eigenvalue weighted by Crippen LogP contribution is -2.38. The molecule has 1 saturated heterocycles. The Morgan fingerprint density at radius 3 is 1.81 bits per heavy atom. The number of allylic oxidation sites excluding steroid dienone is 3. The summed E-state index contributed by atoms with van der Waals surface area (Å²) in [5.41, 5.74) is 20.9. The first-order chi connectivity index (χ1) is 31.2. The molecule has 5 aliphatic rings. The summed E-state index contributed by atoms with van der Waals surface area (Å²) in [6.45, 7) is 0. The fourth-order valence-electron chi connectivity index (χ4n) is 10.2. The van der Waals surface area contributed by atoms with E-state index in [1.165, 1.54) is 91.1 Å². The lowest BCUT2D eigenvalue weighted by Gasteiger charge is -2.29. The zero-order valence-corrected chi connectivity index (χ0v) is 35.1. The summed E-state index contributed by atoms with van der Waals surface area (Å²) < 4.78 is 0. The molecule has 0 radical (unpaired) electrons. The van der Waals surface area contributed by atoms with Crippen LogP contribution < -0.4 is 15.5 Å². The molecule has 5 nitrogen and oxygen atoms in total. The van der Waals surface area contributed by atoms with Gasteiger partial charge in [-0.3, -0.25) is 0 Å². The van der Waals surface area contributed by atoms with Gasteiger partial charge in [0.15, 0.2) is 6.17 Å². The van der Waals surface area contributed by atoms with Crippen LogP contribution in [0.15, 0.2) is 215 Å². The lowest BCUT2D eigenvalue weighted by molar-refractivity contribution is 0.641. The monoisotopic (exact) mass is 813 g/mol. The summed E-state index contributed by atoms with van der Waals surface area (Å²) in [7, 11) is 0. The summed E-state index contributed by atoms with van der Waals surface area (Å²) in [5, 5.41) is 7.61. The normalized spacial score (nSPS) is 18.6. The fourth-order valence-corrected chi connectivity index (χ4v) is 10.2. The van der Waals surface area contributed by atoms with Crippen LogP contribution in [0.2, 0.25) is 0 Å². The molecule has 12 rings (SSSR count). The van der Waals surface area contributed by atoms with Crippen molar-refractivity contribution in [1.29, 1.82) is 0 Å². The zero-order chi connectivity index (χ0) is 41.7. The van der Waals surface area contributed by atoms with Crippen molar-refractivity contribution in [2.45, 2.75) is 50.9 Å². The third-order valence-electron chi connectivity index (χ3n) is 13.3. The molecule has 304 valence electrons. The average molecular weight is 814 g/mol. The highest BCUT2D eigenvalue weighted by atomic mass is 15.4. The summed E-state index contributed by atoms with van der Waals surface area (Å²) >= 11 is 0. The number of anilines is 1. The third kappa shape index (κ3) is 6.81. The van der Waals surface area contributed by atoms with E-state index < -0.39 is 0 Å². The molecule has 0 bridgehead atoms. The van der Waals surface area contributed by atoms with E-state index in [1.54, 1.807) is 0 Å². The predicted octanol–water partition coefficient (Wildman–Crippen LogP) is 13.5. The molecule has 3 heterocycles. The molecule has 63 heavy (non-hydrogen) atoms. The molecule has 2 unspecified atom stereocenters. The van der Waals surface area contributed by atoms with Crippen molar-refractivity contribution < 1.29 is 0 Å². The number of para-hydroxylation sites is 1. The number of nitrogens with one attached hydrogen (secondary N) is 2. The van der Waals surface area contributed by atoms with Crippen molar-refractivity contribution in [3.8, 4) is 44.5 Å². The van der Waals surface area contributed by atoms with Crippen molar-refractivity contribution in [2.75, 3.05) is 4.90 Å². The quantitative estimate of drug-likeness (QED) is 0.158. The first-order valence-electron chi connectivity index (χ1n) is 22.5. The van der Waals surface area contributed by atoms with Crippen molar-refractivity contribution in [3.05, 3.63) is 227 Å². The molecular formula is C58H47N5. The van der Waals surface area contributed by atoms with Gasteiger partial charge < -0.3 is 15.5 Å². The smallest absolute Gasteiger partial charge is 0.165 e. The molecule has 2 atom stereocenters. The number of aliphatic imine (C=N–C) groups is 2. The van der Waals surface area contributed by atoms with Crippen molar-refractivity contribution >= 4 is 22.9 Å². The van der Waals surface area contributed by atoms with Gasteiger partial charge in [-0.15, -0.1) is 0 Å². The molecule has 7 aromatic carbocycles. The van der Waals surface area contributed by atoms with Gasteiger partial charge in [0.25, 0.3) is 0 Å². The Balaban J connectivity index is 0.835. The number of benzene rings is 7. The maximum atomic E-state index is 5.26. The average Bonchev–Trinajstić information content (AvgIpc) is 3.71. The minimum atomic E-state index is -0.232. The Labute approximate surface area is 369 Å². The highest BCUT2D eigenvalue weighted by molar-refractivity contribution is 6.16. The van der Waals surface area contributed by atoms with Crippen LogP contribution in [0.25, 0.3) is 50.1 Å². The second kappa shape index (κ2) is 15.8. The Bertz CT molecular complexity index is 3060. The van der Waals surface area contributed by atoms with E-state index in [1.807, 2.05) is 0 Å². The highest BCUT2D eigenvalue weighted by Crippen LogP contribution is 2.52. The van der Waals surface area contributed by atoms with E-state index in [0.29, 0.717) is 0 Å². The molecule has 1 fully saturated rings. The summed E-state index contributed by atoms with van der Waals surface area (Å²) in [5.74, 6) is 1.71. The van der Waals surface area contributed by atoms with Crippen molar-refractivity contribution in [1.82, 2.24) is 10.6 Å². The van der Waals surface area contributed by atoms with Gasteiger partial charge in [0, 0.05) is 16.7 Å². The SMILES string of the molecule is C1=C2NC(c3ccc(-c4cccc(-c5cccc(C6=NC(C7=CCCCC7)N=C(c7ccc(-c8ccccc8)cc7)N6)c5)c4)cc3)N3C2=C(CC1)c1ccccc1-c1ccccc13. The number of hydrogen-bond donors (Lipinski definition) is 2. The second-order valence-electron chi connectivity index (χ2n) is 17.2. The number of nitrogens with zero attached hydrogens (tertiary/aromatic N) is 3. The van der Waals surface area contributed by atoms with Gasteiger partial charge in [-0.25, -0.2) is 9.98 Å². The predicted molar refractivity (Wildman–Crippen MR) is 260 cm³/mol. The van der Waals surface area contributed by atoms with Crippen molar-refractivity contribution in [2.24, 2.45) is 9.98 Å². The Morgan fingerprint density at radius 2 is 1.05 bits per heavy atom. The maximum Gasteiger partial charge on any atom is 0.165 e. The largest absolute Gasteiger partial charge is 0.360 e. The van der Waals surface area contributed by atoms with Crippen LogP contribution in [-0.4, -0.2) is 17.8 Å². The van der Waals surface area contributed by atoms with E-state index in [0.717, 1.165) is 54.0 Å². The zero-order valence-electron chi connectivity index (χ0n) is 35.1. The van der Waals surface area contributed by atoms with Crippen LogP contribution >= 0.6 is 0 Å². The van der Waals surface area contributed by atoms with Crippen LogP contribution in [0.4, 0.5) is 5.69 Å². The molecule has 2 aliphatic carbocycles. The molecule has 7 aromatic rings. The molecular weight excluding hydrogens is 767 g/mol. The van der Waals surface area contributed by atoms with Crippen LogP contribution in [0, 0.1) is 0 Å². The van der Waals surface area contributed by atoms with Crippen LogP contribution in [-0.2, 0) is 0 Å². The van der Waals surface area contributed by atoms with Crippen LogP contribution in [0.3, 0.4) is 0 Å². The minimum absolute atomic E-state index is 0.0116. The van der Waals surface area contributed by atoms with E-state index in [-0.39, 0.29) is 12.3 Å². The standard InChI is InChI=1S/C58H47N5/c1-3-14-38(15-4-1)39-28-32-42(33-29-39)56-60-55(41-16-5-2-6-17-41)61-57(62-56)47-21-12-20-46(37-47)45-19-11-18-44(36-45)40-30-34-43(35-31-40)58-59-52-26-13-25-51-49-23-8-7-22-48(49)50-24-9-10-27-53(50)63(58)54(51)52/h1,3-4,7-12,14-16,18-24,26-37,55,58-59H,2,5-6,13,17,25H2,(H,60,61,62).